The molecule has 114 valence electrons. The minimum Gasteiger partial charge on any atom is -0.467 e. The third-order valence-corrected chi connectivity index (χ3v) is 5.10. The summed E-state index contributed by atoms with van der Waals surface area (Å²) in [7, 11) is 1.48. The Morgan fingerprint density at radius 3 is 2.81 bits per heavy atom. The van der Waals surface area contributed by atoms with Gasteiger partial charge in [0, 0.05) is 10.7 Å². The number of anilines is 1. The largest absolute Gasteiger partial charge is 0.467 e. The smallest absolute Gasteiger partial charge is 0.331 e. The Bertz CT molecular complexity index is 529. The maximum absolute atomic E-state index is 12.4. The number of hydrogen-bond acceptors (Lipinski definition) is 3. The van der Waals surface area contributed by atoms with E-state index in [0.29, 0.717) is 10.9 Å². The molecule has 2 unspecified atom stereocenters. The summed E-state index contributed by atoms with van der Waals surface area (Å²) < 4.78 is 5.11. The van der Waals surface area contributed by atoms with Crippen LogP contribution in [0.1, 0.15) is 38.5 Å². The van der Waals surface area contributed by atoms with Crippen molar-refractivity contribution in [2.24, 2.45) is 11.8 Å². The van der Waals surface area contributed by atoms with Gasteiger partial charge in [-0.1, -0.05) is 24.1 Å². The van der Waals surface area contributed by atoms with Gasteiger partial charge in [-0.25, -0.2) is 4.79 Å². The van der Waals surface area contributed by atoms with Crippen LogP contribution in [0.5, 0.6) is 0 Å². The number of benzene rings is 1. The molecule has 2 saturated carbocycles. The standard InChI is InChI=1S/C17H22ClNO2/c1-21-16(20)17(19-15-6-2-5-14(18)10-15)9-3-4-13(11-17)12-7-8-12/h2,5-6,10,12-13,19H,3-4,7-9,11H2,1H3. The molecular weight excluding hydrogens is 286 g/mol. The predicted molar refractivity (Wildman–Crippen MR) is 84.5 cm³/mol. The second-order valence-electron chi connectivity index (χ2n) is 6.40. The van der Waals surface area contributed by atoms with Gasteiger partial charge in [-0.2, -0.15) is 0 Å². The zero-order chi connectivity index (χ0) is 14.9. The van der Waals surface area contributed by atoms with Crippen molar-refractivity contribution in [2.45, 2.75) is 44.1 Å². The molecule has 0 aliphatic heterocycles. The number of rotatable bonds is 4. The summed E-state index contributed by atoms with van der Waals surface area (Å²) in [6.45, 7) is 0. The molecule has 2 aliphatic carbocycles. The van der Waals surface area contributed by atoms with Crippen LogP contribution in [0.15, 0.2) is 24.3 Å². The highest BCUT2D eigenvalue weighted by atomic mass is 35.5. The number of methoxy groups -OCH3 is 1. The van der Waals surface area contributed by atoms with Crippen molar-refractivity contribution in [2.75, 3.05) is 12.4 Å². The number of ether oxygens (including phenoxy) is 1. The zero-order valence-corrected chi connectivity index (χ0v) is 13.2. The van der Waals surface area contributed by atoms with Crippen molar-refractivity contribution in [3.05, 3.63) is 29.3 Å². The van der Waals surface area contributed by atoms with Crippen LogP contribution in [-0.2, 0) is 9.53 Å². The lowest BCUT2D eigenvalue weighted by molar-refractivity contribution is -0.148. The average Bonchev–Trinajstić information content (AvgIpc) is 3.31. The lowest BCUT2D eigenvalue weighted by Crippen LogP contribution is -2.50. The van der Waals surface area contributed by atoms with Crippen LogP contribution in [0.4, 0.5) is 5.69 Å². The summed E-state index contributed by atoms with van der Waals surface area (Å²) in [5.41, 5.74) is 0.301. The molecule has 2 aliphatic rings. The highest BCUT2D eigenvalue weighted by Crippen LogP contribution is 2.47. The second-order valence-corrected chi connectivity index (χ2v) is 6.84. The Morgan fingerprint density at radius 1 is 1.33 bits per heavy atom. The first-order valence-corrected chi connectivity index (χ1v) is 8.13. The number of halogens is 1. The molecule has 0 bridgehead atoms. The maximum atomic E-state index is 12.4. The molecule has 3 rings (SSSR count). The molecule has 3 nitrogen and oxygen atoms in total. The predicted octanol–water partition coefficient (Wildman–Crippen LogP) is 4.26. The van der Waals surface area contributed by atoms with Gasteiger partial charge in [0.2, 0.25) is 0 Å². The van der Waals surface area contributed by atoms with E-state index in [9.17, 15) is 4.79 Å². The summed E-state index contributed by atoms with van der Waals surface area (Å²) in [4.78, 5) is 12.4. The highest BCUT2D eigenvalue weighted by molar-refractivity contribution is 6.30. The normalized spacial score (nSPS) is 29.0. The Kier molecular flexibility index (Phi) is 4.12. The number of carbonyl (C=O) groups is 1. The molecule has 2 fully saturated rings. The van der Waals surface area contributed by atoms with E-state index in [1.165, 1.54) is 26.4 Å². The summed E-state index contributed by atoms with van der Waals surface area (Å²) in [6.07, 6.45) is 6.65. The molecule has 1 aromatic carbocycles. The molecule has 1 N–H and O–H groups in total. The van der Waals surface area contributed by atoms with Crippen molar-refractivity contribution in [1.29, 1.82) is 0 Å². The number of hydrogen-bond donors (Lipinski definition) is 1. The Morgan fingerprint density at radius 2 is 2.14 bits per heavy atom. The Hall–Kier alpha value is -1.22. The maximum Gasteiger partial charge on any atom is 0.331 e. The molecule has 0 aromatic heterocycles. The first kappa shape index (κ1) is 14.7. The van der Waals surface area contributed by atoms with Gasteiger partial charge in [-0.05, 0) is 62.1 Å². The van der Waals surface area contributed by atoms with Gasteiger partial charge in [-0.3, -0.25) is 0 Å². The van der Waals surface area contributed by atoms with Gasteiger partial charge >= 0.3 is 5.97 Å². The van der Waals surface area contributed by atoms with E-state index in [4.69, 9.17) is 16.3 Å². The van der Waals surface area contributed by atoms with Gasteiger partial charge < -0.3 is 10.1 Å². The van der Waals surface area contributed by atoms with E-state index < -0.39 is 5.54 Å². The fourth-order valence-corrected chi connectivity index (χ4v) is 3.87. The molecule has 0 saturated heterocycles. The molecule has 2 atom stereocenters. The molecule has 0 heterocycles. The quantitative estimate of drug-likeness (QED) is 0.844. The molecule has 1 aromatic rings. The van der Waals surface area contributed by atoms with E-state index in [-0.39, 0.29) is 5.97 Å². The Balaban J connectivity index is 1.83. The van der Waals surface area contributed by atoms with Gasteiger partial charge in [0.25, 0.3) is 0 Å². The van der Waals surface area contributed by atoms with E-state index in [0.717, 1.165) is 30.9 Å². The topological polar surface area (TPSA) is 38.3 Å². The first-order chi connectivity index (χ1) is 10.1. The molecule has 0 amide bonds. The minimum atomic E-state index is -0.592. The minimum absolute atomic E-state index is 0.146. The highest BCUT2D eigenvalue weighted by Gasteiger charge is 2.47. The van der Waals surface area contributed by atoms with Crippen LogP contribution in [0.25, 0.3) is 0 Å². The second kappa shape index (κ2) is 5.88. The molecule has 0 spiro atoms. The summed E-state index contributed by atoms with van der Waals surface area (Å²) in [5.74, 6) is 1.31. The Labute approximate surface area is 131 Å². The third-order valence-electron chi connectivity index (χ3n) is 4.86. The zero-order valence-electron chi connectivity index (χ0n) is 12.4. The summed E-state index contributed by atoms with van der Waals surface area (Å²) in [5, 5.41) is 4.12. The van der Waals surface area contributed by atoms with E-state index in [1.807, 2.05) is 24.3 Å². The van der Waals surface area contributed by atoms with Crippen molar-refractivity contribution in [1.82, 2.24) is 0 Å². The third kappa shape index (κ3) is 3.18. The van der Waals surface area contributed by atoms with Crippen molar-refractivity contribution < 1.29 is 9.53 Å². The van der Waals surface area contributed by atoms with Crippen LogP contribution in [0, 0.1) is 11.8 Å². The monoisotopic (exact) mass is 307 g/mol. The fraction of sp³-hybridized carbons (Fsp3) is 0.588. The lowest BCUT2D eigenvalue weighted by Gasteiger charge is -2.40. The summed E-state index contributed by atoms with van der Waals surface area (Å²) >= 11 is 6.05. The van der Waals surface area contributed by atoms with E-state index in [2.05, 4.69) is 5.32 Å². The van der Waals surface area contributed by atoms with Gasteiger partial charge in [0.1, 0.15) is 5.54 Å². The van der Waals surface area contributed by atoms with Gasteiger partial charge in [0.05, 0.1) is 7.11 Å². The number of esters is 1. The van der Waals surface area contributed by atoms with Gasteiger partial charge in [0.15, 0.2) is 0 Å². The van der Waals surface area contributed by atoms with Crippen molar-refractivity contribution in [3.63, 3.8) is 0 Å². The first-order valence-electron chi connectivity index (χ1n) is 7.75. The van der Waals surface area contributed by atoms with Crippen LogP contribution in [0.2, 0.25) is 5.02 Å². The lowest BCUT2D eigenvalue weighted by atomic mass is 9.73. The number of carbonyl (C=O) groups excluding carboxylic acids is 1. The average molecular weight is 308 g/mol. The van der Waals surface area contributed by atoms with Crippen LogP contribution in [0.3, 0.4) is 0 Å². The van der Waals surface area contributed by atoms with Crippen LogP contribution in [-0.4, -0.2) is 18.6 Å². The van der Waals surface area contributed by atoms with E-state index >= 15 is 0 Å². The van der Waals surface area contributed by atoms with Crippen LogP contribution >= 0.6 is 11.6 Å². The van der Waals surface area contributed by atoms with Crippen molar-refractivity contribution in [3.8, 4) is 0 Å². The molecular formula is C17H22ClNO2. The molecule has 21 heavy (non-hydrogen) atoms. The van der Waals surface area contributed by atoms with Gasteiger partial charge in [-0.15, -0.1) is 0 Å². The summed E-state index contributed by atoms with van der Waals surface area (Å²) in [6, 6.07) is 7.56. The molecule has 4 heteroatoms. The van der Waals surface area contributed by atoms with Crippen molar-refractivity contribution >= 4 is 23.3 Å². The number of nitrogens with one attached hydrogen (secondary N) is 1. The van der Waals surface area contributed by atoms with Crippen LogP contribution < -0.4 is 5.32 Å². The van der Waals surface area contributed by atoms with E-state index in [1.54, 1.807) is 0 Å². The molecule has 0 radical (unpaired) electrons. The fourth-order valence-electron chi connectivity index (χ4n) is 3.68. The SMILES string of the molecule is COC(=O)C1(Nc2cccc(Cl)c2)CCCC(C2CC2)C1.